The molecule has 10 nitrogen and oxygen atoms in total. The molecule has 0 spiro atoms. The number of imide groups is 1. The van der Waals surface area contributed by atoms with E-state index < -0.39 is 36.9 Å². The zero-order valence-corrected chi connectivity index (χ0v) is 16.2. The predicted octanol–water partition coefficient (Wildman–Crippen LogP) is -0.129. The van der Waals surface area contributed by atoms with Gasteiger partial charge >= 0.3 is 5.97 Å². The third-order valence-electron chi connectivity index (χ3n) is 4.71. The van der Waals surface area contributed by atoms with Gasteiger partial charge in [0.1, 0.15) is 0 Å². The fraction of sp³-hybridized carbons (Fsp3) is 0.737. The second-order valence-electron chi connectivity index (χ2n) is 6.89. The molecule has 4 amide bonds. The molecular formula is C19H30N4O6. The average molecular weight is 424 g/mol. The van der Waals surface area contributed by atoms with Crippen molar-refractivity contribution in [3.8, 4) is 0 Å². The topological polar surface area (TPSA) is 125 Å². The van der Waals surface area contributed by atoms with Crippen molar-refractivity contribution in [2.75, 3.05) is 26.2 Å². The van der Waals surface area contributed by atoms with E-state index in [1.807, 2.05) is 0 Å². The molecule has 1 atom stereocenters. The number of nitrogens with zero attached hydrogens (tertiary/aromatic N) is 2. The molecule has 0 aromatic carbocycles. The summed E-state index contributed by atoms with van der Waals surface area (Å²) < 4.78 is 37.6. The average Bonchev–Trinajstić information content (AvgIpc) is 3.27. The Morgan fingerprint density at radius 3 is 2.55 bits per heavy atom. The van der Waals surface area contributed by atoms with Gasteiger partial charge in [0.2, 0.25) is 11.8 Å². The molecular weight excluding hydrogens is 389 g/mol. The molecule has 0 aliphatic carbocycles. The highest BCUT2D eigenvalue weighted by atomic mass is 16.8. The zero-order chi connectivity index (χ0) is 25.5. The van der Waals surface area contributed by atoms with Crippen molar-refractivity contribution in [3.63, 3.8) is 0 Å². The molecule has 10 heteroatoms. The summed E-state index contributed by atoms with van der Waals surface area (Å²) >= 11 is 0. The fourth-order valence-corrected chi connectivity index (χ4v) is 3.21. The van der Waals surface area contributed by atoms with Crippen LogP contribution in [-0.4, -0.2) is 71.8 Å². The Morgan fingerprint density at radius 2 is 1.83 bits per heavy atom. The molecule has 2 saturated heterocycles. The fourth-order valence-electron chi connectivity index (χ4n) is 3.21. The second kappa shape index (κ2) is 11.5. The van der Waals surface area contributed by atoms with Crippen LogP contribution >= 0.6 is 0 Å². The molecule has 2 aliphatic heterocycles. The SMILES string of the molecule is [2H]C([2H])([2H])[13C]([2H])([2H])[13CH2][13CH]1[13CH2][13CH2][13CH2]N1[13CH2][13C](=O)NCCC(=O)NCC[13C](=O)ON1C(=O)CCC1=O. The van der Waals surface area contributed by atoms with E-state index in [9.17, 15) is 24.0 Å². The minimum absolute atomic E-state index is 0.00947. The normalized spacial score (nSPS) is 23.0. The number of hydrogen-bond acceptors (Lipinski definition) is 7. The van der Waals surface area contributed by atoms with Crippen LogP contribution in [0.15, 0.2) is 0 Å². The van der Waals surface area contributed by atoms with E-state index in [0.29, 0.717) is 18.0 Å². The number of hydroxylamine groups is 2. The van der Waals surface area contributed by atoms with Crippen LogP contribution in [-0.2, 0) is 28.8 Å². The molecule has 0 aromatic rings. The first-order valence-electron chi connectivity index (χ1n) is 12.1. The summed E-state index contributed by atoms with van der Waals surface area (Å²) in [5.74, 6) is -2.80. The van der Waals surface area contributed by atoms with E-state index in [1.165, 1.54) is 0 Å². The lowest BCUT2D eigenvalue weighted by atomic mass is 10.4. The van der Waals surface area contributed by atoms with E-state index in [1.54, 1.807) is 4.90 Å². The Hall–Kier alpha value is -2.49. The summed E-state index contributed by atoms with van der Waals surface area (Å²) in [6.45, 7) is -2.23. The third-order valence-corrected chi connectivity index (χ3v) is 4.71. The number of rotatable bonds is 11. The molecule has 2 N–H and O–H groups in total. The molecule has 0 saturated carbocycles. The molecule has 0 aromatic heterocycles. The summed E-state index contributed by atoms with van der Waals surface area (Å²) in [5.41, 5.74) is 0. The summed E-state index contributed by atoms with van der Waals surface area (Å²) in [5, 5.41) is 5.49. The second-order valence-corrected chi connectivity index (χ2v) is 6.89. The van der Waals surface area contributed by atoms with Crippen LogP contribution in [0.4, 0.5) is 0 Å². The molecule has 0 radical (unpaired) electrons. The van der Waals surface area contributed by atoms with Crippen LogP contribution in [0, 0.1) is 0 Å². The van der Waals surface area contributed by atoms with Crippen molar-refractivity contribution in [2.24, 2.45) is 0 Å². The van der Waals surface area contributed by atoms with Crippen molar-refractivity contribution < 1.29 is 35.7 Å². The lowest BCUT2D eigenvalue weighted by Gasteiger charge is -2.23. The number of carbonyl (C=O) groups is 5. The number of amides is 4. The van der Waals surface area contributed by atoms with Crippen molar-refractivity contribution in [2.45, 2.75) is 64.2 Å². The molecule has 2 heterocycles. The summed E-state index contributed by atoms with van der Waals surface area (Å²) in [4.78, 5) is 64.9. The van der Waals surface area contributed by atoms with Gasteiger partial charge in [-0.25, -0.2) is 4.79 Å². The Bertz CT molecular complexity index is 791. The summed E-state index contributed by atoms with van der Waals surface area (Å²) in [7, 11) is 0. The van der Waals surface area contributed by atoms with E-state index in [-0.39, 0.29) is 63.7 Å². The van der Waals surface area contributed by atoms with Gasteiger partial charge in [-0.15, -0.1) is 5.06 Å². The Labute approximate surface area is 177 Å². The minimum atomic E-state index is -2.74. The highest BCUT2D eigenvalue weighted by Gasteiger charge is 2.32. The van der Waals surface area contributed by atoms with Crippen LogP contribution in [0.1, 0.15) is 65.0 Å². The first-order chi connectivity index (χ1) is 15.8. The molecule has 29 heavy (non-hydrogen) atoms. The summed E-state index contributed by atoms with van der Waals surface area (Å²) in [6, 6.07) is -0.352. The van der Waals surface area contributed by atoms with Crippen LogP contribution in [0.25, 0.3) is 0 Å². The van der Waals surface area contributed by atoms with E-state index >= 15 is 0 Å². The maximum absolute atomic E-state index is 12.2. The quantitative estimate of drug-likeness (QED) is 0.350. The Balaban J connectivity index is 1.62. The monoisotopic (exact) mass is 424 g/mol. The van der Waals surface area contributed by atoms with Crippen molar-refractivity contribution in [1.82, 2.24) is 20.6 Å². The first kappa shape index (κ1) is 16.3. The zero-order valence-electron chi connectivity index (χ0n) is 21.2. The van der Waals surface area contributed by atoms with Gasteiger partial charge in [0, 0.05) is 45.2 Å². The molecule has 162 valence electrons. The highest BCUT2D eigenvalue weighted by molar-refractivity contribution is 6.01. The van der Waals surface area contributed by atoms with Gasteiger partial charge < -0.3 is 15.5 Å². The van der Waals surface area contributed by atoms with Crippen molar-refractivity contribution in [3.05, 3.63) is 0 Å². The molecule has 0 bridgehead atoms. The maximum Gasteiger partial charge on any atom is 0.334 e. The van der Waals surface area contributed by atoms with Gasteiger partial charge in [-0.05, 0) is 25.8 Å². The smallest absolute Gasteiger partial charge is 0.334 e. The Kier molecular flexibility index (Phi) is 6.47. The van der Waals surface area contributed by atoms with Crippen LogP contribution in [0.2, 0.25) is 0 Å². The van der Waals surface area contributed by atoms with Crippen LogP contribution in [0.3, 0.4) is 0 Å². The third kappa shape index (κ3) is 7.45. The van der Waals surface area contributed by atoms with Crippen LogP contribution in [0.5, 0.6) is 0 Å². The number of hydrogen-bond donors (Lipinski definition) is 2. The van der Waals surface area contributed by atoms with Crippen molar-refractivity contribution in [1.29, 1.82) is 0 Å². The van der Waals surface area contributed by atoms with Gasteiger partial charge in [-0.3, -0.25) is 24.1 Å². The Morgan fingerprint density at radius 1 is 1.14 bits per heavy atom. The largest absolute Gasteiger partial charge is 0.355 e. The maximum atomic E-state index is 12.2. The predicted molar refractivity (Wildman–Crippen MR) is 102 cm³/mol. The van der Waals surface area contributed by atoms with E-state index in [2.05, 4.69) is 15.5 Å². The lowest BCUT2D eigenvalue weighted by Crippen LogP contribution is -2.41. The number of nitrogens with one attached hydrogen (secondary N) is 2. The summed E-state index contributed by atoms with van der Waals surface area (Å²) in [6.07, 6.45) is -1.50. The highest BCUT2D eigenvalue weighted by Crippen LogP contribution is 2.20. The first-order valence-corrected chi connectivity index (χ1v) is 9.64. The standard InChI is InChI=1S/C19H30N4O6/c1-2-4-14-5-3-12-22(14)13-16(25)21-10-8-15(24)20-11-9-19(28)29-23-17(26)6-7-18(23)27/h14H,2-13H2,1H3,(H,20,24)(H,21,25)/i1D3,2+1D2,3+1,4+1,5+1,12+1,13+1,14+1,16+1,19+1. The van der Waals surface area contributed by atoms with E-state index in [4.69, 9.17) is 6.85 Å². The number of likely N-dealkylation sites (tertiary alicyclic amines) is 1. The van der Waals surface area contributed by atoms with Crippen LogP contribution < -0.4 is 10.6 Å². The molecule has 2 aliphatic rings. The van der Waals surface area contributed by atoms with Gasteiger partial charge in [0.25, 0.3) is 11.8 Å². The van der Waals surface area contributed by atoms with Gasteiger partial charge in [-0.1, -0.05) is 13.2 Å². The van der Waals surface area contributed by atoms with Gasteiger partial charge in [0.05, 0.1) is 13.0 Å². The van der Waals surface area contributed by atoms with Gasteiger partial charge in [0.15, 0.2) is 0 Å². The van der Waals surface area contributed by atoms with Crippen molar-refractivity contribution >= 4 is 29.6 Å². The minimum Gasteiger partial charge on any atom is -0.355 e. The molecule has 2 rings (SSSR count). The lowest BCUT2D eigenvalue weighted by molar-refractivity contribution is -0.197. The number of carbonyl (C=O) groups excluding carboxylic acids is 5. The molecule has 2 fully saturated rings. The van der Waals surface area contributed by atoms with Gasteiger partial charge in [-0.2, -0.15) is 0 Å². The van der Waals surface area contributed by atoms with E-state index in [0.717, 1.165) is 6.42 Å². The molecule has 1 unspecified atom stereocenters.